The van der Waals surface area contributed by atoms with Crippen LogP contribution in [0.25, 0.3) is 0 Å². The molecule has 1 aliphatic heterocycles. The van der Waals surface area contributed by atoms with E-state index in [0.717, 1.165) is 26.1 Å². The van der Waals surface area contributed by atoms with Crippen molar-refractivity contribution in [3.63, 3.8) is 0 Å². The third-order valence-electron chi connectivity index (χ3n) is 3.48. The van der Waals surface area contributed by atoms with E-state index in [1.807, 2.05) is 0 Å². The lowest BCUT2D eigenvalue weighted by Crippen LogP contribution is -2.46. The summed E-state index contributed by atoms with van der Waals surface area (Å²) in [6, 6.07) is 0.928. The molecule has 0 saturated carbocycles. The largest absolute Gasteiger partial charge is 0.383 e. The van der Waals surface area contributed by atoms with Gasteiger partial charge in [0.1, 0.15) is 0 Å². The van der Waals surface area contributed by atoms with Gasteiger partial charge in [0.15, 0.2) is 0 Å². The van der Waals surface area contributed by atoms with E-state index in [0.29, 0.717) is 12.1 Å². The number of hydrogen-bond acceptors (Lipinski definition) is 4. The van der Waals surface area contributed by atoms with Gasteiger partial charge in [0, 0.05) is 38.7 Å². The maximum Gasteiger partial charge on any atom is 0.0925 e. The number of methoxy groups -OCH3 is 1. The number of rotatable bonds is 5. The van der Waals surface area contributed by atoms with Gasteiger partial charge in [-0.3, -0.25) is 4.90 Å². The second kappa shape index (κ2) is 5.62. The molecular weight excluding hydrogens is 216 g/mol. The fourth-order valence-electron chi connectivity index (χ4n) is 2.26. The number of imidazole rings is 1. The summed E-state index contributed by atoms with van der Waals surface area (Å²) in [7, 11) is 3.89. The van der Waals surface area contributed by atoms with Crippen LogP contribution in [-0.4, -0.2) is 54.3 Å². The predicted octanol–water partition coefficient (Wildman–Crippen LogP) is 0.391. The molecule has 1 aromatic rings. The van der Waals surface area contributed by atoms with Crippen molar-refractivity contribution in [2.24, 2.45) is 0 Å². The molecule has 17 heavy (non-hydrogen) atoms. The molecule has 0 amide bonds. The highest BCUT2D eigenvalue weighted by molar-refractivity contribution is 5.15. The van der Waals surface area contributed by atoms with Crippen LogP contribution in [0.3, 0.4) is 0 Å². The minimum Gasteiger partial charge on any atom is -0.383 e. The van der Waals surface area contributed by atoms with Gasteiger partial charge in [0.25, 0.3) is 0 Å². The van der Waals surface area contributed by atoms with Crippen LogP contribution < -0.4 is 5.32 Å². The topological polar surface area (TPSA) is 53.2 Å². The van der Waals surface area contributed by atoms with E-state index in [1.165, 1.54) is 11.4 Å². The van der Waals surface area contributed by atoms with Gasteiger partial charge >= 0.3 is 0 Å². The average Bonchev–Trinajstić information content (AvgIpc) is 2.76. The summed E-state index contributed by atoms with van der Waals surface area (Å²) in [5.74, 6) is 0. The van der Waals surface area contributed by atoms with Crippen molar-refractivity contribution >= 4 is 0 Å². The molecule has 2 rings (SSSR count). The molecule has 2 atom stereocenters. The zero-order valence-corrected chi connectivity index (χ0v) is 10.9. The molecule has 96 valence electrons. The smallest absolute Gasteiger partial charge is 0.0925 e. The lowest BCUT2D eigenvalue weighted by atomic mass is 10.0. The summed E-state index contributed by atoms with van der Waals surface area (Å²) >= 11 is 0. The molecule has 5 nitrogen and oxygen atoms in total. The number of aromatic amines is 1. The molecule has 0 fully saturated rings. The molecule has 2 heterocycles. The molecule has 0 bridgehead atoms. The Morgan fingerprint density at radius 3 is 3.24 bits per heavy atom. The summed E-state index contributed by atoms with van der Waals surface area (Å²) in [4.78, 5) is 9.86. The van der Waals surface area contributed by atoms with Gasteiger partial charge in [-0.2, -0.15) is 0 Å². The molecule has 0 radical (unpaired) electrons. The van der Waals surface area contributed by atoms with Crippen molar-refractivity contribution in [3.8, 4) is 0 Å². The fraction of sp³-hybridized carbons (Fsp3) is 0.750. The van der Waals surface area contributed by atoms with Crippen LogP contribution in [0.4, 0.5) is 0 Å². The van der Waals surface area contributed by atoms with E-state index in [2.05, 4.69) is 34.2 Å². The minimum atomic E-state index is 0.447. The Bertz CT molecular complexity index is 352. The Morgan fingerprint density at radius 1 is 1.65 bits per heavy atom. The molecule has 2 unspecified atom stereocenters. The third-order valence-corrected chi connectivity index (χ3v) is 3.48. The minimum absolute atomic E-state index is 0.447. The first kappa shape index (κ1) is 12.5. The van der Waals surface area contributed by atoms with E-state index in [4.69, 9.17) is 4.74 Å². The van der Waals surface area contributed by atoms with Crippen molar-refractivity contribution in [1.82, 2.24) is 20.2 Å². The van der Waals surface area contributed by atoms with Gasteiger partial charge in [-0.25, -0.2) is 4.98 Å². The first-order chi connectivity index (χ1) is 8.20. The molecule has 1 aliphatic rings. The maximum atomic E-state index is 5.18. The molecule has 0 aromatic carbocycles. The van der Waals surface area contributed by atoms with Crippen molar-refractivity contribution in [3.05, 3.63) is 17.7 Å². The fourth-order valence-corrected chi connectivity index (χ4v) is 2.26. The molecule has 1 aromatic heterocycles. The van der Waals surface area contributed by atoms with Crippen LogP contribution in [0.1, 0.15) is 18.3 Å². The van der Waals surface area contributed by atoms with Crippen molar-refractivity contribution in [2.75, 3.05) is 27.3 Å². The predicted molar refractivity (Wildman–Crippen MR) is 66.9 cm³/mol. The number of H-pyrrole nitrogens is 1. The van der Waals surface area contributed by atoms with Gasteiger partial charge in [0.2, 0.25) is 0 Å². The van der Waals surface area contributed by atoms with E-state index in [9.17, 15) is 0 Å². The number of nitrogens with zero attached hydrogens (tertiary/aromatic N) is 2. The second-order valence-electron chi connectivity index (χ2n) is 4.85. The first-order valence-corrected chi connectivity index (χ1v) is 6.14. The standard InChI is InChI=1S/C12H22N4O/c1-9(7-17-3)16(2)6-10-4-11-12(5-13-10)15-8-14-11/h8-10,13H,4-7H2,1-3H3,(H,14,15). The number of hydrogen-bond donors (Lipinski definition) is 2. The van der Waals surface area contributed by atoms with Gasteiger partial charge in [-0.15, -0.1) is 0 Å². The third kappa shape index (κ3) is 3.06. The zero-order valence-electron chi connectivity index (χ0n) is 10.9. The normalized spacial score (nSPS) is 21.5. The van der Waals surface area contributed by atoms with Crippen LogP contribution in [-0.2, 0) is 17.7 Å². The molecule has 0 spiro atoms. The van der Waals surface area contributed by atoms with Crippen molar-refractivity contribution in [1.29, 1.82) is 0 Å². The Morgan fingerprint density at radius 2 is 2.47 bits per heavy atom. The Hall–Kier alpha value is -0.910. The lowest BCUT2D eigenvalue weighted by Gasteiger charge is -2.31. The maximum absolute atomic E-state index is 5.18. The first-order valence-electron chi connectivity index (χ1n) is 6.14. The van der Waals surface area contributed by atoms with Crippen LogP contribution in [0, 0.1) is 0 Å². The Labute approximate surface area is 103 Å². The Kier molecular flexibility index (Phi) is 4.15. The summed E-state index contributed by atoms with van der Waals surface area (Å²) in [5.41, 5.74) is 2.44. The van der Waals surface area contributed by atoms with Gasteiger partial charge in [-0.1, -0.05) is 0 Å². The van der Waals surface area contributed by atoms with E-state index >= 15 is 0 Å². The summed E-state index contributed by atoms with van der Waals surface area (Å²) in [6.45, 7) is 4.88. The zero-order chi connectivity index (χ0) is 12.3. The van der Waals surface area contributed by atoms with Crippen LogP contribution in [0.15, 0.2) is 6.33 Å². The second-order valence-corrected chi connectivity index (χ2v) is 4.85. The summed E-state index contributed by atoms with van der Waals surface area (Å²) in [5, 5.41) is 3.54. The van der Waals surface area contributed by atoms with E-state index in [1.54, 1.807) is 13.4 Å². The van der Waals surface area contributed by atoms with Gasteiger partial charge < -0.3 is 15.0 Å². The quantitative estimate of drug-likeness (QED) is 0.779. The monoisotopic (exact) mass is 238 g/mol. The summed E-state index contributed by atoms with van der Waals surface area (Å²) < 4.78 is 5.18. The van der Waals surface area contributed by atoms with E-state index < -0.39 is 0 Å². The average molecular weight is 238 g/mol. The highest BCUT2D eigenvalue weighted by atomic mass is 16.5. The Balaban J connectivity index is 1.85. The van der Waals surface area contributed by atoms with Gasteiger partial charge in [-0.05, 0) is 14.0 Å². The molecule has 5 heteroatoms. The van der Waals surface area contributed by atoms with Gasteiger partial charge in [0.05, 0.1) is 24.3 Å². The molecular formula is C12H22N4O. The van der Waals surface area contributed by atoms with Crippen LogP contribution >= 0.6 is 0 Å². The summed E-state index contributed by atoms with van der Waals surface area (Å²) in [6.07, 6.45) is 2.79. The number of ether oxygens (including phenoxy) is 1. The highest BCUT2D eigenvalue weighted by Gasteiger charge is 2.22. The number of aromatic nitrogens is 2. The molecule has 0 saturated heterocycles. The number of nitrogens with one attached hydrogen (secondary N) is 2. The van der Waals surface area contributed by atoms with Crippen LogP contribution in [0.5, 0.6) is 0 Å². The molecule has 2 N–H and O–H groups in total. The van der Waals surface area contributed by atoms with Crippen molar-refractivity contribution < 1.29 is 4.74 Å². The SMILES string of the molecule is COCC(C)N(C)CC1Cc2nc[nH]c2CN1. The van der Waals surface area contributed by atoms with E-state index in [-0.39, 0.29) is 0 Å². The number of fused-ring (bicyclic) bond motifs is 1. The lowest BCUT2D eigenvalue weighted by molar-refractivity contribution is 0.108. The molecule has 0 aliphatic carbocycles. The highest BCUT2D eigenvalue weighted by Crippen LogP contribution is 2.13. The van der Waals surface area contributed by atoms with Crippen LogP contribution in [0.2, 0.25) is 0 Å². The number of likely N-dealkylation sites (N-methyl/N-ethyl adjacent to an activating group) is 1. The van der Waals surface area contributed by atoms with Crippen molar-refractivity contribution in [2.45, 2.75) is 32.0 Å².